The van der Waals surface area contributed by atoms with E-state index >= 15 is 0 Å². The molecule has 0 saturated carbocycles. The number of piperazine rings is 1. The Balaban J connectivity index is 0.00000420. The quantitative estimate of drug-likeness (QED) is 0.265. The summed E-state index contributed by atoms with van der Waals surface area (Å²) in [6.07, 6.45) is -4.46. The molecule has 202 valence electrons. The molecule has 7 nitrogen and oxygen atoms in total. The zero-order valence-corrected chi connectivity index (χ0v) is 26.7. The summed E-state index contributed by atoms with van der Waals surface area (Å²) >= 11 is 2.17. The maximum absolute atomic E-state index is 12.9. The van der Waals surface area contributed by atoms with Gasteiger partial charge in [0.1, 0.15) is 0 Å². The Bertz CT molecular complexity index is 1350. The van der Waals surface area contributed by atoms with E-state index < -0.39 is 17.6 Å². The fourth-order valence-corrected chi connectivity index (χ4v) is 5.89. The molecule has 2 aromatic heterocycles. The number of benzene rings is 1. The van der Waals surface area contributed by atoms with Crippen LogP contribution in [0.4, 0.5) is 13.2 Å². The van der Waals surface area contributed by atoms with Crippen LogP contribution >= 0.6 is 22.7 Å². The number of halogens is 3. The monoisotopic (exact) mass is 602 g/mol. The largest absolute Gasteiger partial charge is 1.00 e. The van der Waals surface area contributed by atoms with Crippen molar-refractivity contribution in [1.29, 1.82) is 0 Å². The van der Waals surface area contributed by atoms with Gasteiger partial charge < -0.3 is 10.0 Å². The molecule has 3 aromatic rings. The molecule has 1 saturated heterocycles. The Kier molecular flexibility index (Phi) is 11.0. The molecule has 0 aliphatic carbocycles. The van der Waals surface area contributed by atoms with Gasteiger partial charge in [-0.25, -0.2) is 5.43 Å². The van der Waals surface area contributed by atoms with Crippen LogP contribution in [0.3, 0.4) is 0 Å². The first kappa shape index (κ1) is 31.9. The first-order valence-corrected chi connectivity index (χ1v) is 13.6. The molecular formula is C26H26F3KN4O3S2. The zero-order chi connectivity index (χ0) is 27.6. The standard InChI is InChI=1S/C26H27F3N4O3S2.K/c1-15(2)32-10-12-33(13-11-32)25(36)21-9-8-20(38-21)24(35)31-30-16(3)19-14-37-23(22(19)34)17-4-6-18(7-5-17)26(27,28)29;/h4-9,14-15,34H,10-13H2,1-3H3,(H,31,35);/q;+1/p-1/b30-16+;. The third-order valence-corrected chi connectivity index (χ3v) is 8.39. The smallest absolute Gasteiger partial charge is 0.871 e. The molecule has 1 fully saturated rings. The molecule has 3 heterocycles. The number of thiophene rings is 2. The predicted octanol–water partition coefficient (Wildman–Crippen LogP) is 1.89. The van der Waals surface area contributed by atoms with Crippen LogP contribution in [0.25, 0.3) is 10.4 Å². The van der Waals surface area contributed by atoms with Crippen LogP contribution in [0.2, 0.25) is 0 Å². The minimum atomic E-state index is -4.46. The number of nitrogens with zero attached hydrogens (tertiary/aromatic N) is 3. The molecule has 0 unspecified atom stereocenters. The van der Waals surface area contributed by atoms with Crippen LogP contribution < -0.4 is 61.9 Å². The van der Waals surface area contributed by atoms with E-state index in [1.807, 2.05) is 0 Å². The second-order valence-electron chi connectivity index (χ2n) is 9.11. The van der Waals surface area contributed by atoms with E-state index in [0.29, 0.717) is 34.4 Å². The summed E-state index contributed by atoms with van der Waals surface area (Å²) in [4.78, 5) is 30.6. The first-order chi connectivity index (χ1) is 18.0. The number of carbonyl (C=O) groups is 2. The van der Waals surface area contributed by atoms with E-state index in [4.69, 9.17) is 0 Å². The van der Waals surface area contributed by atoms with Crippen molar-refractivity contribution in [3.63, 3.8) is 0 Å². The predicted molar refractivity (Wildman–Crippen MR) is 141 cm³/mol. The molecule has 0 spiro atoms. The number of carbonyl (C=O) groups excluding carboxylic acids is 2. The molecular weight excluding hydrogens is 577 g/mol. The van der Waals surface area contributed by atoms with Crippen molar-refractivity contribution in [3.8, 4) is 16.2 Å². The Hall–Kier alpha value is -1.58. The van der Waals surface area contributed by atoms with Crippen LogP contribution in [0.1, 0.15) is 51.2 Å². The molecule has 1 N–H and O–H groups in total. The third-order valence-electron chi connectivity index (χ3n) is 6.31. The minimum absolute atomic E-state index is 0. The Morgan fingerprint density at radius 3 is 2.23 bits per heavy atom. The van der Waals surface area contributed by atoms with E-state index in [1.165, 1.54) is 12.1 Å². The Morgan fingerprint density at radius 1 is 1.03 bits per heavy atom. The van der Waals surface area contributed by atoms with Crippen molar-refractivity contribution in [2.45, 2.75) is 33.0 Å². The van der Waals surface area contributed by atoms with Crippen LogP contribution in [0, 0.1) is 0 Å². The number of hydrazone groups is 1. The first-order valence-electron chi connectivity index (χ1n) is 11.9. The summed E-state index contributed by atoms with van der Waals surface area (Å²) in [5, 5.41) is 18.4. The molecule has 0 bridgehead atoms. The number of hydrogen-bond donors (Lipinski definition) is 1. The van der Waals surface area contributed by atoms with Crippen LogP contribution in [0.5, 0.6) is 5.75 Å². The fraction of sp³-hybridized carbons (Fsp3) is 0.346. The van der Waals surface area contributed by atoms with Gasteiger partial charge in [-0.05, 0) is 56.0 Å². The van der Waals surface area contributed by atoms with Crippen molar-refractivity contribution >= 4 is 40.2 Å². The topological polar surface area (TPSA) is 88.1 Å². The maximum Gasteiger partial charge on any atom is 1.00 e. The summed E-state index contributed by atoms with van der Waals surface area (Å²) in [6, 6.07) is 7.99. The summed E-state index contributed by atoms with van der Waals surface area (Å²) in [5.41, 5.74) is 2.50. The van der Waals surface area contributed by atoms with Gasteiger partial charge in [0.15, 0.2) is 0 Å². The zero-order valence-electron chi connectivity index (χ0n) is 22.0. The van der Waals surface area contributed by atoms with Gasteiger partial charge in [0.2, 0.25) is 0 Å². The van der Waals surface area contributed by atoms with Gasteiger partial charge in [-0.15, -0.1) is 22.7 Å². The molecule has 1 aromatic carbocycles. The van der Waals surface area contributed by atoms with Crippen molar-refractivity contribution in [2.75, 3.05) is 26.2 Å². The normalized spacial score (nSPS) is 14.8. The molecule has 39 heavy (non-hydrogen) atoms. The Labute approximate surface area is 275 Å². The van der Waals surface area contributed by atoms with E-state index in [0.717, 1.165) is 47.9 Å². The van der Waals surface area contributed by atoms with Crippen LogP contribution in [-0.4, -0.2) is 59.5 Å². The van der Waals surface area contributed by atoms with Gasteiger partial charge >= 0.3 is 57.6 Å². The van der Waals surface area contributed by atoms with E-state index in [9.17, 15) is 27.9 Å². The third kappa shape index (κ3) is 7.58. The van der Waals surface area contributed by atoms with Crippen molar-refractivity contribution in [2.24, 2.45) is 5.10 Å². The van der Waals surface area contributed by atoms with Gasteiger partial charge in [0.05, 0.1) is 21.0 Å². The summed E-state index contributed by atoms with van der Waals surface area (Å²) < 4.78 is 38.5. The summed E-state index contributed by atoms with van der Waals surface area (Å²) in [6.45, 7) is 8.68. The second-order valence-corrected chi connectivity index (χ2v) is 11.1. The average Bonchev–Trinajstić information content (AvgIpc) is 3.53. The van der Waals surface area contributed by atoms with Crippen molar-refractivity contribution in [1.82, 2.24) is 15.2 Å². The van der Waals surface area contributed by atoms with Gasteiger partial charge in [0.25, 0.3) is 11.8 Å². The van der Waals surface area contributed by atoms with Gasteiger partial charge in [-0.3, -0.25) is 14.5 Å². The fourth-order valence-electron chi connectivity index (χ4n) is 4.03. The van der Waals surface area contributed by atoms with Crippen LogP contribution in [-0.2, 0) is 6.18 Å². The molecule has 1 aliphatic heterocycles. The molecule has 0 atom stereocenters. The number of hydrogen-bond acceptors (Lipinski definition) is 7. The second kappa shape index (κ2) is 13.4. The molecule has 0 radical (unpaired) electrons. The molecule has 13 heteroatoms. The average molecular weight is 603 g/mol. The maximum atomic E-state index is 12.9. The number of alkyl halides is 3. The Morgan fingerprint density at radius 2 is 1.64 bits per heavy atom. The van der Waals surface area contributed by atoms with Crippen molar-refractivity contribution < 1.29 is 79.3 Å². The van der Waals surface area contributed by atoms with E-state index in [-0.39, 0.29) is 79.2 Å². The molecule has 1 aliphatic rings. The summed E-state index contributed by atoms with van der Waals surface area (Å²) in [7, 11) is 0. The summed E-state index contributed by atoms with van der Waals surface area (Å²) in [5.74, 6) is -1.00. The molecule has 4 rings (SSSR count). The van der Waals surface area contributed by atoms with Crippen LogP contribution in [0.15, 0.2) is 46.9 Å². The van der Waals surface area contributed by atoms with Gasteiger partial charge in [-0.1, -0.05) is 17.9 Å². The molecule has 2 amide bonds. The van der Waals surface area contributed by atoms with Gasteiger partial charge in [-0.2, -0.15) is 18.3 Å². The SMILES string of the molecule is C/C(=N\NC(=O)c1ccc(C(=O)N2CCN(C(C)C)CC2)s1)c1csc(-c2ccc(C(F)(F)F)cc2)c1[O-].[K+]. The number of nitrogens with one attached hydrogen (secondary N) is 1. The number of amides is 2. The minimum Gasteiger partial charge on any atom is -0.871 e. The van der Waals surface area contributed by atoms with E-state index in [2.05, 4.69) is 29.3 Å². The van der Waals surface area contributed by atoms with Crippen molar-refractivity contribution in [3.05, 3.63) is 62.7 Å². The van der Waals surface area contributed by atoms with E-state index in [1.54, 1.807) is 29.3 Å². The number of rotatable bonds is 6. The van der Waals surface area contributed by atoms with Gasteiger partial charge in [0, 0.05) is 42.7 Å².